The van der Waals surface area contributed by atoms with Gasteiger partial charge >= 0.3 is 0 Å². The van der Waals surface area contributed by atoms with Gasteiger partial charge in [0, 0.05) is 38.8 Å². The largest absolute Gasteiger partial charge is 0.497 e. The van der Waals surface area contributed by atoms with Crippen molar-refractivity contribution in [1.29, 1.82) is 0 Å². The normalized spacial score (nSPS) is 19.7. The SMILES string of the molecule is COc1ccc(C(=O)N2CCN(CC3CCNCC3)CC2)c(OC)c1. The Kier molecular flexibility index (Phi) is 6.15. The maximum absolute atomic E-state index is 12.9. The zero-order valence-electron chi connectivity index (χ0n) is 15.3. The lowest BCUT2D eigenvalue weighted by atomic mass is 9.97. The van der Waals surface area contributed by atoms with Crippen LogP contribution in [0.1, 0.15) is 23.2 Å². The van der Waals surface area contributed by atoms with Gasteiger partial charge in [-0.3, -0.25) is 9.69 Å². The maximum atomic E-state index is 12.9. The van der Waals surface area contributed by atoms with Gasteiger partial charge in [-0.2, -0.15) is 0 Å². The molecule has 0 aliphatic carbocycles. The average Bonchev–Trinajstić information content (AvgIpc) is 2.68. The van der Waals surface area contributed by atoms with Gasteiger partial charge in [-0.15, -0.1) is 0 Å². The van der Waals surface area contributed by atoms with Crippen LogP contribution in [0.5, 0.6) is 11.5 Å². The second-order valence-electron chi connectivity index (χ2n) is 6.85. The topological polar surface area (TPSA) is 54.0 Å². The van der Waals surface area contributed by atoms with Crippen LogP contribution in [-0.2, 0) is 0 Å². The number of ether oxygens (including phenoxy) is 2. The van der Waals surface area contributed by atoms with E-state index in [9.17, 15) is 4.79 Å². The first-order valence-electron chi connectivity index (χ1n) is 9.15. The molecule has 2 heterocycles. The van der Waals surface area contributed by atoms with Crippen LogP contribution in [0.3, 0.4) is 0 Å². The van der Waals surface area contributed by atoms with Crippen molar-refractivity contribution >= 4 is 5.91 Å². The Labute approximate surface area is 150 Å². The number of nitrogens with zero attached hydrogens (tertiary/aromatic N) is 2. The van der Waals surface area contributed by atoms with Crippen LogP contribution in [0.15, 0.2) is 18.2 Å². The van der Waals surface area contributed by atoms with Crippen molar-refractivity contribution in [2.24, 2.45) is 5.92 Å². The molecule has 0 spiro atoms. The van der Waals surface area contributed by atoms with E-state index in [-0.39, 0.29) is 5.91 Å². The molecule has 138 valence electrons. The lowest BCUT2D eigenvalue weighted by Crippen LogP contribution is -2.50. The van der Waals surface area contributed by atoms with Crippen LogP contribution < -0.4 is 14.8 Å². The number of rotatable bonds is 5. The molecule has 2 aliphatic rings. The number of piperidine rings is 1. The third-order valence-corrected chi connectivity index (χ3v) is 5.27. The highest BCUT2D eigenvalue weighted by molar-refractivity contribution is 5.97. The quantitative estimate of drug-likeness (QED) is 0.874. The summed E-state index contributed by atoms with van der Waals surface area (Å²) in [6, 6.07) is 5.37. The summed E-state index contributed by atoms with van der Waals surface area (Å²) in [6.07, 6.45) is 2.53. The molecule has 0 atom stereocenters. The first-order valence-corrected chi connectivity index (χ1v) is 9.15. The van der Waals surface area contributed by atoms with Gasteiger partial charge in [0.2, 0.25) is 0 Å². The summed E-state index contributed by atoms with van der Waals surface area (Å²) in [6.45, 7) is 6.90. The number of amides is 1. The summed E-state index contributed by atoms with van der Waals surface area (Å²) in [4.78, 5) is 17.3. The molecule has 0 saturated carbocycles. The van der Waals surface area contributed by atoms with Crippen LogP contribution in [0.4, 0.5) is 0 Å². The molecule has 1 aromatic rings. The molecule has 1 aromatic carbocycles. The van der Waals surface area contributed by atoms with Gasteiger partial charge < -0.3 is 19.7 Å². The molecule has 25 heavy (non-hydrogen) atoms. The Morgan fingerprint density at radius 3 is 2.48 bits per heavy atom. The van der Waals surface area contributed by atoms with Crippen molar-refractivity contribution in [2.45, 2.75) is 12.8 Å². The van der Waals surface area contributed by atoms with Crippen LogP contribution in [0.2, 0.25) is 0 Å². The fourth-order valence-corrected chi connectivity index (χ4v) is 3.71. The van der Waals surface area contributed by atoms with Crippen molar-refractivity contribution in [3.8, 4) is 11.5 Å². The number of carbonyl (C=O) groups is 1. The van der Waals surface area contributed by atoms with Crippen LogP contribution in [0, 0.1) is 5.92 Å². The van der Waals surface area contributed by atoms with Gasteiger partial charge in [-0.25, -0.2) is 0 Å². The van der Waals surface area contributed by atoms with Gasteiger partial charge in [0.1, 0.15) is 11.5 Å². The summed E-state index contributed by atoms with van der Waals surface area (Å²) < 4.78 is 10.6. The summed E-state index contributed by atoms with van der Waals surface area (Å²) >= 11 is 0. The summed E-state index contributed by atoms with van der Waals surface area (Å²) in [5.41, 5.74) is 0.607. The van der Waals surface area contributed by atoms with Crippen molar-refractivity contribution in [1.82, 2.24) is 15.1 Å². The number of hydrogen-bond donors (Lipinski definition) is 1. The monoisotopic (exact) mass is 347 g/mol. The van der Waals surface area contributed by atoms with E-state index >= 15 is 0 Å². The Hall–Kier alpha value is -1.79. The van der Waals surface area contributed by atoms with E-state index in [1.165, 1.54) is 12.8 Å². The highest BCUT2D eigenvalue weighted by Gasteiger charge is 2.26. The van der Waals surface area contributed by atoms with E-state index in [0.29, 0.717) is 17.1 Å². The van der Waals surface area contributed by atoms with E-state index in [0.717, 1.165) is 51.7 Å². The zero-order valence-corrected chi connectivity index (χ0v) is 15.3. The number of nitrogens with one attached hydrogen (secondary N) is 1. The molecule has 0 unspecified atom stereocenters. The number of carbonyl (C=O) groups excluding carboxylic acids is 1. The molecule has 1 N–H and O–H groups in total. The molecular formula is C19H29N3O3. The number of methoxy groups -OCH3 is 2. The lowest BCUT2D eigenvalue weighted by Gasteiger charge is -2.37. The predicted molar refractivity (Wildman–Crippen MR) is 97.5 cm³/mol. The van der Waals surface area contributed by atoms with Gasteiger partial charge in [0.05, 0.1) is 19.8 Å². The van der Waals surface area contributed by atoms with Crippen LogP contribution in [-0.4, -0.2) is 75.7 Å². The fourth-order valence-electron chi connectivity index (χ4n) is 3.71. The van der Waals surface area contributed by atoms with Gasteiger partial charge in [-0.05, 0) is 44.0 Å². The molecule has 0 radical (unpaired) electrons. The van der Waals surface area contributed by atoms with Crippen molar-refractivity contribution in [2.75, 3.05) is 60.0 Å². The van der Waals surface area contributed by atoms with Gasteiger partial charge in [0.15, 0.2) is 0 Å². The second kappa shape index (κ2) is 8.54. The van der Waals surface area contributed by atoms with Crippen molar-refractivity contribution < 1.29 is 14.3 Å². The minimum absolute atomic E-state index is 0.0426. The summed E-state index contributed by atoms with van der Waals surface area (Å²) in [5, 5.41) is 3.42. The fraction of sp³-hybridized carbons (Fsp3) is 0.632. The van der Waals surface area contributed by atoms with E-state index in [1.54, 1.807) is 26.4 Å². The summed E-state index contributed by atoms with van der Waals surface area (Å²) in [5.74, 6) is 2.10. The van der Waals surface area contributed by atoms with Crippen LogP contribution >= 0.6 is 0 Å². The minimum atomic E-state index is 0.0426. The first kappa shape index (κ1) is 18.0. The van der Waals surface area contributed by atoms with Crippen LogP contribution in [0.25, 0.3) is 0 Å². The highest BCUT2D eigenvalue weighted by Crippen LogP contribution is 2.26. The molecule has 6 nitrogen and oxygen atoms in total. The van der Waals surface area contributed by atoms with Gasteiger partial charge in [-0.1, -0.05) is 0 Å². The average molecular weight is 347 g/mol. The molecule has 1 amide bonds. The second-order valence-corrected chi connectivity index (χ2v) is 6.85. The standard InChI is InChI=1S/C19H29N3O3/c1-24-16-3-4-17(18(13-16)25-2)19(23)22-11-9-21(10-12-22)14-15-5-7-20-8-6-15/h3-4,13,15,20H,5-12,14H2,1-2H3. The molecule has 2 aliphatic heterocycles. The molecule has 0 bridgehead atoms. The Morgan fingerprint density at radius 1 is 1.12 bits per heavy atom. The van der Waals surface area contributed by atoms with E-state index in [1.807, 2.05) is 11.0 Å². The van der Waals surface area contributed by atoms with E-state index in [4.69, 9.17) is 9.47 Å². The highest BCUT2D eigenvalue weighted by atomic mass is 16.5. The predicted octanol–water partition coefficient (Wildman–Crippen LogP) is 1.46. The zero-order chi connectivity index (χ0) is 17.6. The number of benzene rings is 1. The Morgan fingerprint density at radius 2 is 1.84 bits per heavy atom. The molecule has 2 saturated heterocycles. The first-order chi connectivity index (χ1) is 12.2. The Balaban J connectivity index is 1.56. The van der Waals surface area contributed by atoms with Gasteiger partial charge in [0.25, 0.3) is 5.91 Å². The smallest absolute Gasteiger partial charge is 0.257 e. The molecule has 2 fully saturated rings. The molecule has 0 aromatic heterocycles. The molecule has 3 rings (SSSR count). The Bertz CT molecular complexity index is 579. The third kappa shape index (κ3) is 4.44. The maximum Gasteiger partial charge on any atom is 0.257 e. The molecule has 6 heteroatoms. The lowest BCUT2D eigenvalue weighted by molar-refractivity contribution is 0.0605. The van der Waals surface area contributed by atoms with E-state index < -0.39 is 0 Å². The molecular weight excluding hydrogens is 318 g/mol. The number of piperazine rings is 1. The summed E-state index contributed by atoms with van der Waals surface area (Å²) in [7, 11) is 3.19. The van der Waals surface area contributed by atoms with E-state index in [2.05, 4.69) is 10.2 Å². The number of hydrogen-bond acceptors (Lipinski definition) is 5. The minimum Gasteiger partial charge on any atom is -0.497 e. The third-order valence-electron chi connectivity index (χ3n) is 5.27. The van der Waals surface area contributed by atoms with Crippen molar-refractivity contribution in [3.05, 3.63) is 23.8 Å². The van der Waals surface area contributed by atoms with Crippen molar-refractivity contribution in [3.63, 3.8) is 0 Å².